The molecule has 4 heteroatoms. The van der Waals surface area contributed by atoms with Gasteiger partial charge in [-0.25, -0.2) is 0 Å². The quantitative estimate of drug-likeness (QED) is 0.668. The summed E-state index contributed by atoms with van der Waals surface area (Å²) in [5.41, 5.74) is 0. The van der Waals surface area contributed by atoms with E-state index in [0.29, 0.717) is 13.1 Å². The van der Waals surface area contributed by atoms with Crippen LogP contribution in [0.5, 0.6) is 0 Å². The van der Waals surface area contributed by atoms with E-state index in [2.05, 4.69) is 25.2 Å². The predicted molar refractivity (Wildman–Crippen MR) is 64.8 cm³/mol. The van der Waals surface area contributed by atoms with Gasteiger partial charge in [0.1, 0.15) is 0 Å². The van der Waals surface area contributed by atoms with Crippen molar-refractivity contribution in [3.8, 4) is 6.07 Å². The highest BCUT2D eigenvalue weighted by Crippen LogP contribution is 1.99. The van der Waals surface area contributed by atoms with E-state index in [0.717, 1.165) is 12.8 Å². The first-order valence-corrected chi connectivity index (χ1v) is 5.95. The van der Waals surface area contributed by atoms with Gasteiger partial charge < -0.3 is 5.32 Å². The van der Waals surface area contributed by atoms with Crippen LogP contribution in [0.3, 0.4) is 0 Å². The van der Waals surface area contributed by atoms with Gasteiger partial charge in [0.15, 0.2) is 0 Å². The van der Waals surface area contributed by atoms with Crippen LogP contribution in [0.4, 0.5) is 0 Å². The standard InChI is InChI=1S/C12H23N3O/c1-5-11(6-2)14-12(16)9-15(8-7-13)10(3)4/h10-11H,5-6,8-9H2,1-4H3,(H,14,16). The van der Waals surface area contributed by atoms with Crippen LogP contribution in [0.15, 0.2) is 0 Å². The SMILES string of the molecule is CCC(CC)NC(=O)CN(CC#N)C(C)C. The Morgan fingerprint density at radius 2 is 1.94 bits per heavy atom. The van der Waals surface area contributed by atoms with Gasteiger partial charge >= 0.3 is 0 Å². The molecule has 0 atom stereocenters. The molecule has 0 aliphatic rings. The molecule has 0 saturated carbocycles. The number of nitrogens with one attached hydrogen (secondary N) is 1. The van der Waals surface area contributed by atoms with Crippen LogP contribution in [-0.2, 0) is 4.79 Å². The molecule has 0 aromatic heterocycles. The third-order valence-corrected chi connectivity index (χ3v) is 2.70. The number of rotatable bonds is 7. The van der Waals surface area contributed by atoms with Crippen LogP contribution >= 0.6 is 0 Å². The molecule has 16 heavy (non-hydrogen) atoms. The van der Waals surface area contributed by atoms with E-state index in [1.165, 1.54) is 0 Å². The van der Waals surface area contributed by atoms with Crippen molar-refractivity contribution in [2.45, 2.75) is 52.6 Å². The molecule has 0 aromatic rings. The van der Waals surface area contributed by atoms with Gasteiger partial charge in [-0.15, -0.1) is 0 Å². The van der Waals surface area contributed by atoms with Gasteiger partial charge in [0.2, 0.25) is 5.91 Å². The molecule has 1 N–H and O–H groups in total. The molecule has 0 unspecified atom stereocenters. The van der Waals surface area contributed by atoms with Gasteiger partial charge in [-0.2, -0.15) is 5.26 Å². The molecule has 1 amide bonds. The summed E-state index contributed by atoms with van der Waals surface area (Å²) in [5, 5.41) is 11.6. The molecular formula is C12H23N3O. The fraction of sp³-hybridized carbons (Fsp3) is 0.833. The summed E-state index contributed by atoms with van der Waals surface area (Å²) in [7, 11) is 0. The zero-order chi connectivity index (χ0) is 12.6. The molecule has 0 bridgehead atoms. The lowest BCUT2D eigenvalue weighted by atomic mass is 10.2. The Kier molecular flexibility index (Phi) is 7.57. The highest BCUT2D eigenvalue weighted by Gasteiger charge is 2.15. The molecule has 0 fully saturated rings. The van der Waals surface area contributed by atoms with Crippen molar-refractivity contribution in [3.05, 3.63) is 0 Å². The molecule has 0 aliphatic carbocycles. The van der Waals surface area contributed by atoms with E-state index in [4.69, 9.17) is 5.26 Å². The fourth-order valence-corrected chi connectivity index (χ4v) is 1.46. The van der Waals surface area contributed by atoms with E-state index < -0.39 is 0 Å². The molecule has 0 radical (unpaired) electrons. The Bertz CT molecular complexity index is 241. The summed E-state index contributed by atoms with van der Waals surface area (Å²) in [4.78, 5) is 13.6. The van der Waals surface area contributed by atoms with E-state index >= 15 is 0 Å². The van der Waals surface area contributed by atoms with Crippen molar-refractivity contribution in [1.82, 2.24) is 10.2 Å². The van der Waals surface area contributed by atoms with Crippen LogP contribution in [0, 0.1) is 11.3 Å². The lowest BCUT2D eigenvalue weighted by Gasteiger charge is -2.24. The van der Waals surface area contributed by atoms with Crippen LogP contribution in [0.25, 0.3) is 0 Å². The van der Waals surface area contributed by atoms with Crippen LogP contribution < -0.4 is 5.32 Å². The lowest BCUT2D eigenvalue weighted by molar-refractivity contribution is -0.123. The summed E-state index contributed by atoms with van der Waals surface area (Å²) in [6.45, 7) is 8.70. The van der Waals surface area contributed by atoms with Gasteiger partial charge in [0.05, 0.1) is 19.2 Å². The Labute approximate surface area is 98.6 Å². The van der Waals surface area contributed by atoms with Crippen LogP contribution in [-0.4, -0.2) is 36.0 Å². The molecular weight excluding hydrogens is 202 g/mol. The second-order valence-electron chi connectivity index (χ2n) is 4.24. The molecule has 0 saturated heterocycles. The zero-order valence-electron chi connectivity index (χ0n) is 10.8. The van der Waals surface area contributed by atoms with Crippen molar-refractivity contribution in [3.63, 3.8) is 0 Å². The van der Waals surface area contributed by atoms with E-state index in [9.17, 15) is 4.79 Å². The molecule has 0 spiro atoms. The predicted octanol–water partition coefficient (Wildman–Crippen LogP) is 1.53. The first kappa shape index (κ1) is 14.9. The number of nitrogens with zero attached hydrogens (tertiary/aromatic N) is 2. The summed E-state index contributed by atoms with van der Waals surface area (Å²) in [6.07, 6.45) is 1.89. The van der Waals surface area contributed by atoms with Crippen molar-refractivity contribution < 1.29 is 4.79 Å². The van der Waals surface area contributed by atoms with Crippen molar-refractivity contribution in [2.24, 2.45) is 0 Å². The van der Waals surface area contributed by atoms with Gasteiger partial charge in [0, 0.05) is 12.1 Å². The van der Waals surface area contributed by atoms with E-state index in [1.807, 2.05) is 18.7 Å². The van der Waals surface area contributed by atoms with Crippen molar-refractivity contribution in [2.75, 3.05) is 13.1 Å². The van der Waals surface area contributed by atoms with Crippen LogP contribution in [0.1, 0.15) is 40.5 Å². The number of amides is 1. The second-order valence-corrected chi connectivity index (χ2v) is 4.24. The minimum Gasteiger partial charge on any atom is -0.352 e. The Hall–Kier alpha value is -1.08. The normalized spacial score (nSPS) is 10.9. The largest absolute Gasteiger partial charge is 0.352 e. The molecule has 4 nitrogen and oxygen atoms in total. The van der Waals surface area contributed by atoms with Gasteiger partial charge in [-0.3, -0.25) is 9.69 Å². The second kappa shape index (κ2) is 8.12. The van der Waals surface area contributed by atoms with Crippen molar-refractivity contribution in [1.29, 1.82) is 5.26 Å². The van der Waals surface area contributed by atoms with Gasteiger partial charge in [-0.1, -0.05) is 13.8 Å². The molecule has 0 rings (SSSR count). The fourth-order valence-electron chi connectivity index (χ4n) is 1.46. The van der Waals surface area contributed by atoms with E-state index in [-0.39, 0.29) is 18.0 Å². The summed E-state index contributed by atoms with van der Waals surface area (Å²) >= 11 is 0. The average molecular weight is 225 g/mol. The summed E-state index contributed by atoms with van der Waals surface area (Å²) in [5.74, 6) is 0.0117. The highest BCUT2D eigenvalue weighted by molar-refractivity contribution is 5.78. The summed E-state index contributed by atoms with van der Waals surface area (Å²) in [6, 6.07) is 2.55. The van der Waals surface area contributed by atoms with Crippen molar-refractivity contribution >= 4 is 5.91 Å². The summed E-state index contributed by atoms with van der Waals surface area (Å²) < 4.78 is 0. The third-order valence-electron chi connectivity index (χ3n) is 2.70. The molecule has 0 aromatic carbocycles. The smallest absolute Gasteiger partial charge is 0.234 e. The lowest BCUT2D eigenvalue weighted by Crippen LogP contribution is -2.44. The van der Waals surface area contributed by atoms with E-state index in [1.54, 1.807) is 0 Å². The van der Waals surface area contributed by atoms with Gasteiger partial charge in [0.25, 0.3) is 0 Å². The maximum atomic E-state index is 11.7. The Morgan fingerprint density at radius 1 is 1.38 bits per heavy atom. The Morgan fingerprint density at radius 3 is 2.31 bits per heavy atom. The molecule has 0 aliphatic heterocycles. The minimum absolute atomic E-state index is 0.0117. The number of nitriles is 1. The topological polar surface area (TPSA) is 56.1 Å². The Balaban J connectivity index is 4.14. The highest BCUT2D eigenvalue weighted by atomic mass is 16.2. The third kappa shape index (κ3) is 5.72. The number of hydrogen-bond acceptors (Lipinski definition) is 3. The molecule has 92 valence electrons. The monoisotopic (exact) mass is 225 g/mol. The minimum atomic E-state index is 0.0117. The molecule has 0 heterocycles. The maximum Gasteiger partial charge on any atom is 0.234 e. The zero-order valence-corrected chi connectivity index (χ0v) is 10.8. The number of carbonyl (C=O) groups is 1. The first-order valence-electron chi connectivity index (χ1n) is 5.95. The average Bonchev–Trinajstić information content (AvgIpc) is 2.25. The number of carbonyl (C=O) groups excluding carboxylic acids is 1. The first-order chi connectivity index (χ1) is 7.54. The van der Waals surface area contributed by atoms with Gasteiger partial charge in [-0.05, 0) is 26.7 Å². The van der Waals surface area contributed by atoms with Crippen LogP contribution in [0.2, 0.25) is 0 Å². The number of hydrogen-bond donors (Lipinski definition) is 1. The maximum absolute atomic E-state index is 11.7.